The van der Waals surface area contributed by atoms with E-state index in [2.05, 4.69) is 39.8 Å². The maximum absolute atomic E-state index is 12.3. The number of likely N-dealkylation sites (tertiary alicyclic amines) is 1. The standard InChI is InChI=1S/C19H29N3O2/c23-15-19(10-4-5-11-19)21-18(24)20-17-8-12-22(13-9-17)14-16-6-2-1-3-7-16/h1-3,6-7,17,23H,4-5,8-15H2,(H2,20,21,24). The van der Waals surface area contributed by atoms with Gasteiger partial charge in [0.05, 0.1) is 12.1 Å². The average molecular weight is 331 g/mol. The highest BCUT2D eigenvalue weighted by molar-refractivity contribution is 5.75. The van der Waals surface area contributed by atoms with Gasteiger partial charge < -0.3 is 15.7 Å². The SMILES string of the molecule is O=C(NC1CCN(Cc2ccccc2)CC1)NC1(CO)CCCC1. The molecule has 0 bridgehead atoms. The lowest BCUT2D eigenvalue weighted by Gasteiger charge is -2.34. The first kappa shape index (κ1) is 17.2. The summed E-state index contributed by atoms with van der Waals surface area (Å²) in [5, 5.41) is 15.7. The second-order valence-electron chi connectivity index (χ2n) is 7.28. The molecule has 1 saturated heterocycles. The van der Waals surface area contributed by atoms with E-state index in [1.165, 1.54) is 5.56 Å². The van der Waals surface area contributed by atoms with Gasteiger partial charge in [0.1, 0.15) is 0 Å². The molecule has 2 amide bonds. The lowest BCUT2D eigenvalue weighted by atomic mass is 9.99. The maximum Gasteiger partial charge on any atom is 0.315 e. The summed E-state index contributed by atoms with van der Waals surface area (Å²) in [6, 6.07) is 10.6. The Bertz CT molecular complexity index is 521. The van der Waals surface area contributed by atoms with Gasteiger partial charge in [-0.05, 0) is 31.2 Å². The fourth-order valence-corrected chi connectivity index (χ4v) is 3.91. The zero-order valence-electron chi connectivity index (χ0n) is 14.3. The number of aliphatic hydroxyl groups excluding tert-OH is 1. The van der Waals surface area contributed by atoms with Crippen molar-refractivity contribution in [1.29, 1.82) is 0 Å². The van der Waals surface area contributed by atoms with Gasteiger partial charge >= 0.3 is 6.03 Å². The Labute approximate surface area is 144 Å². The number of nitrogens with one attached hydrogen (secondary N) is 2. The molecule has 0 radical (unpaired) electrons. The van der Waals surface area contributed by atoms with Crippen molar-refractivity contribution in [2.45, 2.75) is 56.7 Å². The van der Waals surface area contributed by atoms with Crippen molar-refractivity contribution in [2.75, 3.05) is 19.7 Å². The Kier molecular flexibility index (Phi) is 5.74. The van der Waals surface area contributed by atoms with Crippen molar-refractivity contribution < 1.29 is 9.90 Å². The molecule has 1 aliphatic heterocycles. The number of amides is 2. The van der Waals surface area contributed by atoms with Gasteiger partial charge in [-0.2, -0.15) is 0 Å². The highest BCUT2D eigenvalue weighted by Gasteiger charge is 2.35. The second kappa shape index (κ2) is 7.99. The molecular weight excluding hydrogens is 302 g/mol. The van der Waals surface area contributed by atoms with Crippen molar-refractivity contribution in [1.82, 2.24) is 15.5 Å². The summed E-state index contributed by atoms with van der Waals surface area (Å²) in [7, 11) is 0. The number of benzene rings is 1. The number of hydrogen-bond acceptors (Lipinski definition) is 3. The van der Waals surface area contributed by atoms with Crippen molar-refractivity contribution in [3.8, 4) is 0 Å². The minimum atomic E-state index is -0.391. The predicted molar refractivity (Wildman–Crippen MR) is 94.7 cm³/mol. The van der Waals surface area contributed by atoms with E-state index in [0.29, 0.717) is 0 Å². The molecule has 1 aromatic rings. The Morgan fingerprint density at radius 1 is 1.17 bits per heavy atom. The highest BCUT2D eigenvalue weighted by Crippen LogP contribution is 2.29. The maximum atomic E-state index is 12.3. The van der Waals surface area contributed by atoms with Crippen LogP contribution in [0.2, 0.25) is 0 Å². The number of aliphatic hydroxyl groups is 1. The van der Waals surface area contributed by atoms with Gasteiger partial charge in [0, 0.05) is 25.7 Å². The first-order valence-corrected chi connectivity index (χ1v) is 9.15. The van der Waals surface area contributed by atoms with Crippen LogP contribution in [-0.2, 0) is 6.54 Å². The number of rotatable bonds is 5. The van der Waals surface area contributed by atoms with Crippen molar-refractivity contribution in [3.63, 3.8) is 0 Å². The molecule has 132 valence electrons. The number of nitrogens with zero attached hydrogens (tertiary/aromatic N) is 1. The van der Waals surface area contributed by atoms with Crippen LogP contribution in [0.1, 0.15) is 44.1 Å². The summed E-state index contributed by atoms with van der Waals surface area (Å²) in [6.45, 7) is 3.03. The molecule has 5 heteroatoms. The zero-order valence-corrected chi connectivity index (χ0v) is 14.3. The molecule has 24 heavy (non-hydrogen) atoms. The summed E-state index contributed by atoms with van der Waals surface area (Å²) in [5.41, 5.74) is 0.950. The highest BCUT2D eigenvalue weighted by atomic mass is 16.3. The molecule has 2 aliphatic rings. The van der Waals surface area contributed by atoms with Gasteiger partial charge in [0.2, 0.25) is 0 Å². The van der Waals surface area contributed by atoms with Crippen LogP contribution in [0, 0.1) is 0 Å². The average Bonchev–Trinajstić information content (AvgIpc) is 3.06. The van der Waals surface area contributed by atoms with Crippen LogP contribution in [0.25, 0.3) is 0 Å². The van der Waals surface area contributed by atoms with E-state index in [1.807, 2.05) is 6.07 Å². The molecule has 0 spiro atoms. The Hall–Kier alpha value is -1.59. The number of carbonyl (C=O) groups excluding carboxylic acids is 1. The third-order valence-corrected chi connectivity index (χ3v) is 5.41. The molecule has 1 saturated carbocycles. The quantitative estimate of drug-likeness (QED) is 0.775. The van der Waals surface area contributed by atoms with Gasteiger partial charge in [-0.15, -0.1) is 0 Å². The Morgan fingerprint density at radius 3 is 2.46 bits per heavy atom. The monoisotopic (exact) mass is 331 g/mol. The van der Waals surface area contributed by atoms with Crippen LogP contribution in [0.5, 0.6) is 0 Å². The number of urea groups is 1. The second-order valence-corrected chi connectivity index (χ2v) is 7.28. The van der Waals surface area contributed by atoms with E-state index >= 15 is 0 Å². The number of piperidine rings is 1. The molecule has 0 unspecified atom stereocenters. The van der Waals surface area contributed by atoms with Crippen LogP contribution in [0.15, 0.2) is 30.3 Å². The van der Waals surface area contributed by atoms with Gasteiger partial charge in [0.15, 0.2) is 0 Å². The summed E-state index contributed by atoms with van der Waals surface area (Å²) in [4.78, 5) is 14.7. The van der Waals surface area contributed by atoms with E-state index in [4.69, 9.17) is 0 Å². The molecule has 2 fully saturated rings. The molecular formula is C19H29N3O2. The van der Waals surface area contributed by atoms with Crippen molar-refractivity contribution in [2.24, 2.45) is 0 Å². The van der Waals surface area contributed by atoms with E-state index < -0.39 is 5.54 Å². The molecule has 0 aromatic heterocycles. The van der Waals surface area contributed by atoms with Crippen LogP contribution in [0.3, 0.4) is 0 Å². The van der Waals surface area contributed by atoms with E-state index in [1.54, 1.807) is 0 Å². The fourth-order valence-electron chi connectivity index (χ4n) is 3.91. The molecule has 5 nitrogen and oxygen atoms in total. The third-order valence-electron chi connectivity index (χ3n) is 5.41. The molecule has 1 aliphatic carbocycles. The molecule has 3 N–H and O–H groups in total. The van der Waals surface area contributed by atoms with E-state index in [9.17, 15) is 9.90 Å². The van der Waals surface area contributed by atoms with Crippen LogP contribution < -0.4 is 10.6 Å². The van der Waals surface area contributed by atoms with Crippen LogP contribution >= 0.6 is 0 Å². The largest absolute Gasteiger partial charge is 0.394 e. The summed E-state index contributed by atoms with van der Waals surface area (Å²) in [5.74, 6) is 0. The van der Waals surface area contributed by atoms with Crippen molar-refractivity contribution in [3.05, 3.63) is 35.9 Å². The van der Waals surface area contributed by atoms with Crippen molar-refractivity contribution >= 4 is 6.03 Å². The fraction of sp³-hybridized carbons (Fsp3) is 0.632. The zero-order chi connectivity index (χ0) is 16.8. The van der Waals surface area contributed by atoms with Gasteiger partial charge in [-0.1, -0.05) is 43.2 Å². The minimum absolute atomic E-state index is 0.0376. The molecule has 0 atom stereocenters. The third kappa shape index (κ3) is 4.48. The lowest BCUT2D eigenvalue weighted by Crippen LogP contribution is -2.55. The van der Waals surface area contributed by atoms with Gasteiger partial charge in [0.25, 0.3) is 0 Å². The van der Waals surface area contributed by atoms with Crippen LogP contribution in [0.4, 0.5) is 4.79 Å². The lowest BCUT2D eigenvalue weighted by molar-refractivity contribution is 0.155. The normalized spacial score (nSPS) is 21.5. The first-order valence-electron chi connectivity index (χ1n) is 9.15. The topological polar surface area (TPSA) is 64.6 Å². The van der Waals surface area contributed by atoms with E-state index in [-0.39, 0.29) is 18.7 Å². The van der Waals surface area contributed by atoms with Gasteiger partial charge in [-0.3, -0.25) is 4.90 Å². The van der Waals surface area contributed by atoms with E-state index in [0.717, 1.165) is 58.2 Å². The first-order chi connectivity index (χ1) is 11.7. The number of carbonyl (C=O) groups is 1. The minimum Gasteiger partial charge on any atom is -0.394 e. The van der Waals surface area contributed by atoms with Crippen LogP contribution in [-0.4, -0.2) is 47.3 Å². The number of hydrogen-bond donors (Lipinski definition) is 3. The smallest absolute Gasteiger partial charge is 0.315 e. The molecule has 1 aromatic carbocycles. The Balaban J connectivity index is 1.41. The molecule has 3 rings (SSSR count). The van der Waals surface area contributed by atoms with Gasteiger partial charge in [-0.25, -0.2) is 4.79 Å². The summed E-state index contributed by atoms with van der Waals surface area (Å²) >= 11 is 0. The molecule has 1 heterocycles. The Morgan fingerprint density at radius 2 is 1.83 bits per heavy atom. The summed E-state index contributed by atoms with van der Waals surface area (Å²) in [6.07, 6.45) is 5.88. The summed E-state index contributed by atoms with van der Waals surface area (Å²) < 4.78 is 0. The predicted octanol–water partition coefficient (Wildman–Crippen LogP) is 2.26.